The molecule has 0 fully saturated rings. The van der Waals surface area contributed by atoms with Crippen LogP contribution in [-0.2, 0) is 17.6 Å². The van der Waals surface area contributed by atoms with E-state index in [0.717, 1.165) is 42.3 Å². The van der Waals surface area contributed by atoms with Gasteiger partial charge in [0.15, 0.2) is 11.7 Å². The number of carbonyl (C=O) groups is 2. The summed E-state index contributed by atoms with van der Waals surface area (Å²) < 4.78 is 13.4. The number of para-hydroxylation sites is 3. The Hall–Kier alpha value is -4.19. The van der Waals surface area contributed by atoms with Crippen molar-refractivity contribution in [3.05, 3.63) is 89.6 Å². The van der Waals surface area contributed by atoms with Crippen molar-refractivity contribution in [1.29, 1.82) is 0 Å². The van der Waals surface area contributed by atoms with E-state index in [1.54, 1.807) is 29.7 Å². The van der Waals surface area contributed by atoms with Crippen LogP contribution in [0.3, 0.4) is 0 Å². The largest absolute Gasteiger partial charge is 0.449 e. The van der Waals surface area contributed by atoms with Crippen LogP contribution in [0, 0.1) is 0 Å². The third kappa shape index (κ3) is 3.62. The number of ether oxygens (including phenoxy) is 1. The SMILES string of the molecule is CC(OC(=O)c1ccccc1-c1nc2ccccc2o1)C(=O)n1c2c(c3ccccc31)CCCC2. The molecule has 5 aromatic rings. The molecule has 174 valence electrons. The van der Waals surface area contributed by atoms with Gasteiger partial charge in [-0.25, -0.2) is 9.78 Å². The highest BCUT2D eigenvalue weighted by atomic mass is 16.5. The molecule has 0 aliphatic heterocycles. The molecule has 6 rings (SSSR count). The summed E-state index contributed by atoms with van der Waals surface area (Å²) in [5, 5.41) is 1.11. The summed E-state index contributed by atoms with van der Waals surface area (Å²) in [5.41, 5.74) is 5.32. The zero-order valence-electron chi connectivity index (χ0n) is 19.4. The minimum atomic E-state index is -0.957. The van der Waals surface area contributed by atoms with Gasteiger partial charge in [-0.15, -0.1) is 0 Å². The third-order valence-corrected chi connectivity index (χ3v) is 6.70. The number of aryl methyl sites for hydroxylation is 1. The lowest BCUT2D eigenvalue weighted by Crippen LogP contribution is -2.30. The van der Waals surface area contributed by atoms with E-state index >= 15 is 0 Å². The number of hydrogen-bond donors (Lipinski definition) is 0. The number of esters is 1. The van der Waals surface area contributed by atoms with Crippen molar-refractivity contribution < 1.29 is 18.7 Å². The molecular formula is C29H24N2O4. The molecule has 2 heterocycles. The average molecular weight is 465 g/mol. The minimum absolute atomic E-state index is 0.239. The molecule has 6 heteroatoms. The second-order valence-electron chi connectivity index (χ2n) is 8.90. The molecule has 0 saturated heterocycles. The van der Waals surface area contributed by atoms with Gasteiger partial charge >= 0.3 is 5.97 Å². The van der Waals surface area contributed by atoms with Crippen LogP contribution in [0.1, 0.15) is 46.2 Å². The number of rotatable bonds is 4. The van der Waals surface area contributed by atoms with E-state index in [-0.39, 0.29) is 5.91 Å². The Morgan fingerprint density at radius 2 is 1.69 bits per heavy atom. The summed E-state index contributed by atoms with van der Waals surface area (Å²) in [6.45, 7) is 1.63. The summed E-state index contributed by atoms with van der Waals surface area (Å²) in [4.78, 5) is 31.3. The average Bonchev–Trinajstić information content (AvgIpc) is 3.47. The Morgan fingerprint density at radius 3 is 2.57 bits per heavy atom. The normalized spacial score (nSPS) is 14.1. The topological polar surface area (TPSA) is 74.3 Å². The Balaban J connectivity index is 1.32. The maximum absolute atomic E-state index is 13.6. The number of hydrogen-bond acceptors (Lipinski definition) is 5. The van der Waals surface area contributed by atoms with E-state index in [1.165, 1.54) is 5.56 Å². The van der Waals surface area contributed by atoms with Crippen LogP contribution in [0.4, 0.5) is 0 Å². The number of oxazole rings is 1. The number of fused-ring (bicyclic) bond motifs is 4. The molecule has 0 spiro atoms. The summed E-state index contributed by atoms with van der Waals surface area (Å²) >= 11 is 0. The first-order valence-electron chi connectivity index (χ1n) is 11.9. The van der Waals surface area contributed by atoms with Crippen LogP contribution < -0.4 is 0 Å². The third-order valence-electron chi connectivity index (χ3n) is 6.70. The Bertz CT molecular complexity index is 1560. The summed E-state index contributed by atoms with van der Waals surface area (Å²) in [7, 11) is 0. The first-order valence-corrected chi connectivity index (χ1v) is 11.9. The number of carbonyl (C=O) groups excluding carboxylic acids is 2. The summed E-state index contributed by atoms with van der Waals surface area (Å²) in [6, 6.07) is 22.4. The fraction of sp³-hybridized carbons (Fsp3) is 0.207. The van der Waals surface area contributed by atoms with Crippen LogP contribution in [0.2, 0.25) is 0 Å². The second-order valence-corrected chi connectivity index (χ2v) is 8.90. The Morgan fingerprint density at radius 1 is 0.943 bits per heavy atom. The maximum atomic E-state index is 13.6. The number of benzene rings is 3. The lowest BCUT2D eigenvalue weighted by molar-refractivity contribution is 0.0285. The van der Waals surface area contributed by atoms with Gasteiger partial charge < -0.3 is 9.15 Å². The van der Waals surface area contributed by atoms with Gasteiger partial charge in [0.2, 0.25) is 5.89 Å². The van der Waals surface area contributed by atoms with Gasteiger partial charge in [-0.05, 0) is 68.5 Å². The molecule has 0 radical (unpaired) electrons. The first kappa shape index (κ1) is 21.4. The van der Waals surface area contributed by atoms with E-state index in [4.69, 9.17) is 9.15 Å². The van der Waals surface area contributed by atoms with E-state index < -0.39 is 12.1 Å². The van der Waals surface area contributed by atoms with Crippen molar-refractivity contribution >= 4 is 33.9 Å². The zero-order chi connectivity index (χ0) is 23.9. The van der Waals surface area contributed by atoms with Crippen molar-refractivity contribution in [2.75, 3.05) is 0 Å². The molecule has 0 amide bonds. The predicted molar refractivity (Wildman–Crippen MR) is 134 cm³/mol. The quantitative estimate of drug-likeness (QED) is 0.296. The van der Waals surface area contributed by atoms with E-state index in [0.29, 0.717) is 28.1 Å². The first-order chi connectivity index (χ1) is 17.1. The molecule has 0 saturated carbocycles. The van der Waals surface area contributed by atoms with Crippen molar-refractivity contribution in [2.45, 2.75) is 38.7 Å². The van der Waals surface area contributed by atoms with Crippen LogP contribution in [0.15, 0.2) is 77.2 Å². The molecule has 6 nitrogen and oxygen atoms in total. The number of aromatic nitrogens is 2. The van der Waals surface area contributed by atoms with E-state index in [9.17, 15) is 9.59 Å². The van der Waals surface area contributed by atoms with Gasteiger partial charge in [0, 0.05) is 11.1 Å². The van der Waals surface area contributed by atoms with Gasteiger partial charge in [-0.3, -0.25) is 9.36 Å². The van der Waals surface area contributed by atoms with Crippen LogP contribution in [-0.4, -0.2) is 27.5 Å². The van der Waals surface area contributed by atoms with Crippen molar-refractivity contribution in [2.24, 2.45) is 0 Å². The Kier molecular flexibility index (Phi) is 5.21. The molecule has 0 bridgehead atoms. The highest BCUT2D eigenvalue weighted by molar-refractivity contribution is 6.01. The smallest absolute Gasteiger partial charge is 0.339 e. The van der Waals surface area contributed by atoms with E-state index in [1.807, 2.05) is 48.5 Å². The summed E-state index contributed by atoms with van der Waals surface area (Å²) in [5.74, 6) is -0.491. The van der Waals surface area contributed by atoms with Gasteiger partial charge in [0.25, 0.3) is 5.91 Å². The lowest BCUT2D eigenvalue weighted by Gasteiger charge is -2.18. The molecule has 2 aromatic heterocycles. The highest BCUT2D eigenvalue weighted by Gasteiger charge is 2.29. The van der Waals surface area contributed by atoms with Gasteiger partial charge in [0.1, 0.15) is 5.52 Å². The lowest BCUT2D eigenvalue weighted by atomic mass is 9.95. The Labute approximate surface area is 202 Å². The van der Waals surface area contributed by atoms with Crippen molar-refractivity contribution in [3.8, 4) is 11.5 Å². The second kappa shape index (κ2) is 8.55. The van der Waals surface area contributed by atoms with E-state index in [2.05, 4.69) is 11.1 Å². The predicted octanol–water partition coefficient (Wildman–Crippen LogP) is 6.21. The molecule has 0 N–H and O–H groups in total. The summed E-state index contributed by atoms with van der Waals surface area (Å²) in [6.07, 6.45) is 3.01. The fourth-order valence-electron chi connectivity index (χ4n) is 5.04. The molecule has 1 aliphatic rings. The standard InChI is InChI=1S/C29H24N2O4/c1-18(28(32)31-24-15-7-4-10-19(24)20-11-5-8-16-25(20)31)34-29(33)22-13-3-2-12-21(22)27-30-23-14-6-9-17-26(23)35-27/h2-4,6-7,9-10,12-15,17-18H,5,8,11,16H2,1H3. The fourth-order valence-corrected chi connectivity index (χ4v) is 5.04. The van der Waals surface area contributed by atoms with Gasteiger partial charge in [-0.2, -0.15) is 0 Å². The van der Waals surface area contributed by atoms with Crippen LogP contribution in [0.25, 0.3) is 33.5 Å². The molecule has 3 aromatic carbocycles. The minimum Gasteiger partial charge on any atom is -0.449 e. The van der Waals surface area contributed by atoms with Crippen molar-refractivity contribution in [1.82, 2.24) is 9.55 Å². The van der Waals surface area contributed by atoms with Gasteiger partial charge in [-0.1, -0.05) is 42.5 Å². The monoisotopic (exact) mass is 464 g/mol. The highest BCUT2D eigenvalue weighted by Crippen LogP contribution is 2.33. The molecule has 35 heavy (non-hydrogen) atoms. The molecule has 1 aliphatic carbocycles. The van der Waals surface area contributed by atoms with Crippen LogP contribution >= 0.6 is 0 Å². The van der Waals surface area contributed by atoms with Gasteiger partial charge in [0.05, 0.1) is 16.6 Å². The van der Waals surface area contributed by atoms with Crippen molar-refractivity contribution in [3.63, 3.8) is 0 Å². The zero-order valence-corrected chi connectivity index (χ0v) is 19.4. The maximum Gasteiger partial charge on any atom is 0.339 e. The van der Waals surface area contributed by atoms with Crippen LogP contribution in [0.5, 0.6) is 0 Å². The molecule has 1 unspecified atom stereocenters. The number of nitrogens with zero attached hydrogens (tertiary/aromatic N) is 2. The molecular weight excluding hydrogens is 440 g/mol. The molecule has 1 atom stereocenters.